The molecule has 0 spiro atoms. The van der Waals surface area contributed by atoms with Crippen LogP contribution in [-0.2, 0) is 6.42 Å². The molecule has 2 rings (SSSR count). The van der Waals surface area contributed by atoms with E-state index < -0.39 is 0 Å². The smallest absolute Gasteiger partial charge is 0.161 e. The lowest BCUT2D eigenvalue weighted by molar-refractivity contribution is 0.297. The van der Waals surface area contributed by atoms with Gasteiger partial charge in [0, 0.05) is 12.0 Å². The maximum Gasteiger partial charge on any atom is 0.161 e. The number of benzene rings is 2. The fourth-order valence-corrected chi connectivity index (χ4v) is 1.99. The second-order valence-corrected chi connectivity index (χ2v) is 4.64. The molecule has 21 heavy (non-hydrogen) atoms. The molecule has 1 N–H and O–H groups in total. The first-order valence-corrected chi connectivity index (χ1v) is 6.78. The normalized spacial score (nSPS) is 11.2. The second-order valence-electron chi connectivity index (χ2n) is 4.64. The lowest BCUT2D eigenvalue weighted by Gasteiger charge is -2.12. The monoisotopic (exact) mass is 285 g/mol. The third kappa shape index (κ3) is 3.99. The predicted octanol–water partition coefficient (Wildman–Crippen LogP) is 3.51. The van der Waals surface area contributed by atoms with Crippen LogP contribution in [0.1, 0.15) is 18.1 Å². The molecule has 0 amide bonds. The summed E-state index contributed by atoms with van der Waals surface area (Å²) < 4.78 is 11.1. The summed E-state index contributed by atoms with van der Waals surface area (Å²) >= 11 is 0. The van der Waals surface area contributed by atoms with Crippen molar-refractivity contribution in [3.05, 3.63) is 59.7 Å². The molecule has 0 heterocycles. The molecule has 110 valence electrons. The summed E-state index contributed by atoms with van der Waals surface area (Å²) in [6.07, 6.45) is 0.836. The number of rotatable bonds is 6. The highest BCUT2D eigenvalue weighted by molar-refractivity contribution is 5.98. The molecule has 2 aromatic rings. The van der Waals surface area contributed by atoms with Crippen molar-refractivity contribution in [3.63, 3.8) is 0 Å². The highest BCUT2D eigenvalue weighted by Gasteiger charge is 2.07. The minimum Gasteiger partial charge on any atom is -0.493 e. The largest absolute Gasteiger partial charge is 0.493 e. The molecule has 2 aromatic carbocycles. The summed E-state index contributed by atoms with van der Waals surface area (Å²) in [6.45, 7) is 2.30. The fraction of sp³-hybridized carbons (Fsp3) is 0.235. The third-order valence-corrected chi connectivity index (χ3v) is 3.22. The average molecular weight is 285 g/mol. The van der Waals surface area contributed by atoms with Crippen LogP contribution < -0.4 is 9.47 Å². The maximum atomic E-state index is 8.80. The Bertz CT molecular complexity index is 609. The van der Waals surface area contributed by atoms with Crippen molar-refractivity contribution < 1.29 is 14.7 Å². The van der Waals surface area contributed by atoms with Gasteiger partial charge in [-0.05, 0) is 30.7 Å². The van der Waals surface area contributed by atoms with E-state index in [0.29, 0.717) is 23.8 Å². The summed E-state index contributed by atoms with van der Waals surface area (Å²) in [7, 11) is 1.59. The molecule has 0 aliphatic carbocycles. The third-order valence-electron chi connectivity index (χ3n) is 3.22. The van der Waals surface area contributed by atoms with Crippen LogP contribution in [0, 0.1) is 0 Å². The Morgan fingerprint density at radius 3 is 2.52 bits per heavy atom. The highest BCUT2D eigenvalue weighted by atomic mass is 16.5. The molecule has 0 saturated heterocycles. The molecule has 0 aliphatic heterocycles. The highest BCUT2D eigenvalue weighted by Crippen LogP contribution is 2.28. The second kappa shape index (κ2) is 7.33. The molecule has 0 aromatic heterocycles. The number of oxime groups is 1. The van der Waals surface area contributed by atoms with Crippen LogP contribution in [0.5, 0.6) is 11.5 Å². The zero-order chi connectivity index (χ0) is 15.1. The van der Waals surface area contributed by atoms with E-state index in [1.54, 1.807) is 20.1 Å². The number of methoxy groups -OCH3 is 1. The van der Waals surface area contributed by atoms with Gasteiger partial charge in [0.05, 0.1) is 19.4 Å². The van der Waals surface area contributed by atoms with Crippen LogP contribution >= 0.6 is 0 Å². The van der Waals surface area contributed by atoms with Crippen molar-refractivity contribution in [2.45, 2.75) is 13.3 Å². The summed E-state index contributed by atoms with van der Waals surface area (Å²) in [5.74, 6) is 1.31. The van der Waals surface area contributed by atoms with Crippen LogP contribution in [0.25, 0.3) is 0 Å². The van der Waals surface area contributed by atoms with Gasteiger partial charge in [0.1, 0.15) is 0 Å². The van der Waals surface area contributed by atoms with Gasteiger partial charge in [-0.2, -0.15) is 0 Å². The van der Waals surface area contributed by atoms with Gasteiger partial charge < -0.3 is 14.7 Å². The molecule has 0 radical (unpaired) electrons. The predicted molar refractivity (Wildman–Crippen MR) is 82.6 cm³/mol. The van der Waals surface area contributed by atoms with E-state index in [0.717, 1.165) is 12.0 Å². The SMILES string of the molecule is COc1cc(/C(C)=N/O)ccc1OCCc1ccccc1. The van der Waals surface area contributed by atoms with Gasteiger partial charge in [0.2, 0.25) is 0 Å². The molecular weight excluding hydrogens is 266 g/mol. The van der Waals surface area contributed by atoms with Gasteiger partial charge in [0.25, 0.3) is 0 Å². The maximum absolute atomic E-state index is 8.80. The van der Waals surface area contributed by atoms with Crippen molar-refractivity contribution in [1.29, 1.82) is 0 Å². The lowest BCUT2D eigenvalue weighted by Crippen LogP contribution is -2.03. The molecule has 0 bridgehead atoms. The first-order chi connectivity index (χ1) is 10.2. The zero-order valence-corrected chi connectivity index (χ0v) is 12.2. The molecule has 4 nitrogen and oxygen atoms in total. The molecule has 0 fully saturated rings. The van der Waals surface area contributed by atoms with Crippen LogP contribution in [0.4, 0.5) is 0 Å². The van der Waals surface area contributed by atoms with Gasteiger partial charge in [-0.15, -0.1) is 0 Å². The Hall–Kier alpha value is -2.49. The average Bonchev–Trinajstić information content (AvgIpc) is 2.55. The van der Waals surface area contributed by atoms with E-state index in [4.69, 9.17) is 14.7 Å². The number of hydrogen-bond donors (Lipinski definition) is 1. The molecule has 4 heteroatoms. The Labute approximate surface area is 124 Å². The Morgan fingerprint density at radius 2 is 1.86 bits per heavy atom. The van der Waals surface area contributed by atoms with Crippen molar-refractivity contribution in [2.75, 3.05) is 13.7 Å². The molecule has 0 aliphatic rings. The van der Waals surface area contributed by atoms with E-state index in [9.17, 15) is 0 Å². The first-order valence-electron chi connectivity index (χ1n) is 6.78. The minimum atomic E-state index is 0.532. The summed E-state index contributed by atoms with van der Waals surface area (Å²) in [5, 5.41) is 12.0. The van der Waals surface area contributed by atoms with Crippen molar-refractivity contribution in [2.24, 2.45) is 5.16 Å². The topological polar surface area (TPSA) is 51.0 Å². The van der Waals surface area contributed by atoms with Crippen LogP contribution in [0.2, 0.25) is 0 Å². The standard InChI is InChI=1S/C17H19NO3/c1-13(18-19)15-8-9-16(17(12-15)20-2)21-11-10-14-6-4-3-5-7-14/h3-9,12,19H,10-11H2,1-2H3/b18-13+. The molecule has 0 unspecified atom stereocenters. The van der Waals surface area contributed by atoms with E-state index in [2.05, 4.69) is 17.3 Å². The summed E-state index contributed by atoms with van der Waals surface area (Å²) in [5.41, 5.74) is 2.56. The van der Waals surface area contributed by atoms with Crippen LogP contribution in [0.15, 0.2) is 53.7 Å². The molecule has 0 saturated carbocycles. The number of nitrogens with zero attached hydrogens (tertiary/aromatic N) is 1. The quantitative estimate of drug-likeness (QED) is 0.502. The van der Waals surface area contributed by atoms with Crippen LogP contribution in [0.3, 0.4) is 0 Å². The first kappa shape index (κ1) is 14.9. The van der Waals surface area contributed by atoms with Gasteiger partial charge in [-0.1, -0.05) is 35.5 Å². The van der Waals surface area contributed by atoms with E-state index in [1.807, 2.05) is 30.3 Å². The van der Waals surface area contributed by atoms with Gasteiger partial charge in [-0.25, -0.2) is 0 Å². The van der Waals surface area contributed by atoms with Crippen LogP contribution in [-0.4, -0.2) is 24.6 Å². The van der Waals surface area contributed by atoms with Crippen molar-refractivity contribution in [3.8, 4) is 11.5 Å². The lowest BCUT2D eigenvalue weighted by atomic mass is 10.1. The fourth-order valence-electron chi connectivity index (χ4n) is 1.99. The molecular formula is C17H19NO3. The van der Waals surface area contributed by atoms with Crippen molar-refractivity contribution >= 4 is 5.71 Å². The summed E-state index contributed by atoms with van der Waals surface area (Å²) in [4.78, 5) is 0. The Morgan fingerprint density at radius 1 is 1.10 bits per heavy atom. The summed E-state index contributed by atoms with van der Waals surface area (Å²) in [6, 6.07) is 15.6. The van der Waals surface area contributed by atoms with Crippen molar-refractivity contribution in [1.82, 2.24) is 0 Å². The van der Waals surface area contributed by atoms with E-state index >= 15 is 0 Å². The number of ether oxygens (including phenoxy) is 2. The minimum absolute atomic E-state index is 0.532. The van der Waals surface area contributed by atoms with E-state index in [1.165, 1.54) is 5.56 Å². The Balaban J connectivity index is 2.03. The van der Waals surface area contributed by atoms with Gasteiger partial charge >= 0.3 is 0 Å². The molecule has 0 atom stereocenters. The van der Waals surface area contributed by atoms with Gasteiger partial charge in [-0.3, -0.25) is 0 Å². The Kier molecular flexibility index (Phi) is 5.21. The van der Waals surface area contributed by atoms with E-state index in [-0.39, 0.29) is 0 Å². The zero-order valence-electron chi connectivity index (χ0n) is 12.2. The van der Waals surface area contributed by atoms with Gasteiger partial charge in [0.15, 0.2) is 11.5 Å². The number of hydrogen-bond acceptors (Lipinski definition) is 4.